The maximum absolute atomic E-state index is 13.9. The number of halogens is 1. The van der Waals surface area contributed by atoms with Crippen molar-refractivity contribution in [3.05, 3.63) is 100 Å². The van der Waals surface area contributed by atoms with Crippen LogP contribution in [0.1, 0.15) is 78.4 Å². The molecule has 14 heteroatoms. The van der Waals surface area contributed by atoms with Gasteiger partial charge >= 0.3 is 0 Å². The minimum atomic E-state index is -3.74. The third-order valence-electron chi connectivity index (χ3n) is 8.89. The summed E-state index contributed by atoms with van der Waals surface area (Å²) in [7, 11) is -2.40. The highest BCUT2D eigenvalue weighted by Crippen LogP contribution is 2.23. The van der Waals surface area contributed by atoms with Gasteiger partial charge in [-0.3, -0.25) is 23.5 Å². The van der Waals surface area contributed by atoms with E-state index >= 15 is 0 Å². The number of carbonyl (C=O) groups excluding carboxylic acids is 4. The van der Waals surface area contributed by atoms with Gasteiger partial charge in [-0.2, -0.15) is 0 Å². The fourth-order valence-electron chi connectivity index (χ4n) is 5.47. The number of nitrogens with zero attached hydrogens (tertiary/aromatic N) is 1. The molecule has 12 nitrogen and oxygen atoms in total. The summed E-state index contributed by atoms with van der Waals surface area (Å²) in [4.78, 5) is 53.4. The van der Waals surface area contributed by atoms with Gasteiger partial charge in [0.05, 0.1) is 24.0 Å². The molecule has 0 aliphatic heterocycles. The Kier molecular flexibility index (Phi) is 13.8. The monoisotopic (exact) mass is 752 g/mol. The lowest BCUT2D eigenvalue weighted by Crippen LogP contribution is -2.55. The zero-order valence-corrected chi connectivity index (χ0v) is 32.0. The molecule has 4 atom stereocenters. The Balaban J connectivity index is 1.54. The highest BCUT2D eigenvalue weighted by molar-refractivity contribution is 7.92. The van der Waals surface area contributed by atoms with Crippen LogP contribution in [0, 0.1) is 5.92 Å². The minimum absolute atomic E-state index is 0.0684. The Bertz CT molecular complexity index is 1850. The molecule has 3 aromatic rings. The van der Waals surface area contributed by atoms with Gasteiger partial charge in [-0.15, -0.1) is 0 Å². The fraction of sp³-hybridized carbons (Fsp3) is 0.421. The molecule has 0 spiro atoms. The Morgan fingerprint density at radius 1 is 0.827 bits per heavy atom. The number of amides is 4. The second kappa shape index (κ2) is 17.8. The van der Waals surface area contributed by atoms with E-state index in [-0.39, 0.29) is 47.1 Å². The number of hydrogen-bond donors (Lipinski definition) is 5. The van der Waals surface area contributed by atoms with Crippen molar-refractivity contribution in [2.24, 2.45) is 5.92 Å². The quantitative estimate of drug-likeness (QED) is 0.139. The number of hydrogen-bond acceptors (Lipinski definition) is 7. The van der Waals surface area contributed by atoms with E-state index in [1.807, 2.05) is 50.2 Å². The molecule has 0 saturated heterocycles. The fourth-order valence-corrected chi connectivity index (χ4v) is 6.16. The molecular formula is C38H49ClN6O6S. The van der Waals surface area contributed by atoms with Crippen LogP contribution < -0.4 is 30.9 Å². The SMILES string of the molecule is CC(C)[C@H](NC(=O)[C@H](C)NC[C@H](Cc1ccccc1)NC(=O)c1cc(C(=O)N[C@H](C)c2cccc(Cl)c2)cc(N(C)S(C)(=O)=O)c1)C(=O)NC1CC1. The van der Waals surface area contributed by atoms with Crippen LogP contribution in [0.2, 0.25) is 5.02 Å². The molecule has 280 valence electrons. The first-order valence-corrected chi connectivity index (χ1v) is 19.6. The van der Waals surface area contributed by atoms with Crippen LogP contribution >= 0.6 is 11.6 Å². The molecule has 5 N–H and O–H groups in total. The molecular weight excluding hydrogens is 704 g/mol. The van der Waals surface area contributed by atoms with Crippen molar-refractivity contribution >= 4 is 50.9 Å². The molecule has 4 amide bonds. The van der Waals surface area contributed by atoms with Gasteiger partial charge in [-0.25, -0.2) is 8.42 Å². The van der Waals surface area contributed by atoms with E-state index < -0.39 is 46.0 Å². The van der Waals surface area contributed by atoms with E-state index in [1.54, 1.807) is 32.0 Å². The van der Waals surface area contributed by atoms with Crippen LogP contribution in [-0.2, 0) is 26.0 Å². The minimum Gasteiger partial charge on any atom is -0.352 e. The Morgan fingerprint density at radius 3 is 2.04 bits per heavy atom. The molecule has 0 heterocycles. The molecule has 1 aliphatic carbocycles. The summed E-state index contributed by atoms with van der Waals surface area (Å²) in [6.07, 6.45) is 3.31. The van der Waals surface area contributed by atoms with Crippen LogP contribution in [0.25, 0.3) is 0 Å². The van der Waals surface area contributed by atoms with Gasteiger partial charge in [0.25, 0.3) is 11.8 Å². The smallest absolute Gasteiger partial charge is 0.251 e. The standard InChI is InChI=1S/C38H49ClN6O6S/c1-23(2)34(38(49)42-31-15-16-31)44-35(46)25(4)40-22-32(17-26-11-8-7-9-12-26)43-37(48)29-18-28(20-33(21-29)45(5)52(6,50)51)36(47)41-24(3)27-13-10-14-30(39)19-27/h7-14,18-21,23-25,31-32,34,40H,15-17,22H2,1-6H3,(H,41,47)(H,42,49)(H,43,48)(H,44,46)/t24-,25+,32+,34+/m1/s1. The average molecular weight is 753 g/mol. The molecule has 3 aromatic carbocycles. The van der Waals surface area contributed by atoms with Crippen LogP contribution in [0.4, 0.5) is 5.69 Å². The van der Waals surface area contributed by atoms with Crippen molar-refractivity contribution < 1.29 is 27.6 Å². The van der Waals surface area contributed by atoms with Gasteiger partial charge in [-0.1, -0.05) is 67.9 Å². The van der Waals surface area contributed by atoms with E-state index in [2.05, 4.69) is 26.6 Å². The third-order valence-corrected chi connectivity index (χ3v) is 10.3. The summed E-state index contributed by atoms with van der Waals surface area (Å²) < 4.78 is 26.0. The second-order valence-corrected chi connectivity index (χ2v) is 16.2. The zero-order chi connectivity index (χ0) is 38.2. The highest BCUT2D eigenvalue weighted by Gasteiger charge is 2.31. The normalized spacial score (nSPS) is 15.2. The van der Waals surface area contributed by atoms with Crippen molar-refractivity contribution in [3.63, 3.8) is 0 Å². The summed E-state index contributed by atoms with van der Waals surface area (Å²) >= 11 is 6.14. The van der Waals surface area contributed by atoms with E-state index in [1.165, 1.54) is 25.2 Å². The Morgan fingerprint density at radius 2 is 1.46 bits per heavy atom. The maximum atomic E-state index is 13.9. The molecule has 52 heavy (non-hydrogen) atoms. The number of rotatable bonds is 17. The van der Waals surface area contributed by atoms with E-state index in [0.29, 0.717) is 11.4 Å². The molecule has 1 fully saturated rings. The lowest BCUT2D eigenvalue weighted by atomic mass is 10.0. The number of nitrogens with one attached hydrogen (secondary N) is 5. The number of anilines is 1. The Hall–Kier alpha value is -4.46. The lowest BCUT2D eigenvalue weighted by Gasteiger charge is -2.26. The van der Waals surface area contributed by atoms with Crippen molar-refractivity contribution in [1.29, 1.82) is 0 Å². The molecule has 0 aromatic heterocycles. The van der Waals surface area contributed by atoms with E-state index in [4.69, 9.17) is 11.6 Å². The summed E-state index contributed by atoms with van der Waals surface area (Å²) in [6, 6.07) is 18.6. The van der Waals surface area contributed by atoms with Crippen LogP contribution in [0.3, 0.4) is 0 Å². The van der Waals surface area contributed by atoms with Gasteiger partial charge in [0.1, 0.15) is 6.04 Å². The first-order chi connectivity index (χ1) is 24.5. The van der Waals surface area contributed by atoms with E-state index in [0.717, 1.165) is 34.5 Å². The maximum Gasteiger partial charge on any atom is 0.251 e. The van der Waals surface area contributed by atoms with Gasteiger partial charge in [-0.05, 0) is 80.5 Å². The summed E-state index contributed by atoms with van der Waals surface area (Å²) in [6.45, 7) is 7.41. The van der Waals surface area contributed by atoms with Crippen molar-refractivity contribution in [3.8, 4) is 0 Å². The number of carbonyl (C=O) groups is 4. The second-order valence-electron chi connectivity index (χ2n) is 13.8. The Labute approximate surface area is 311 Å². The first-order valence-electron chi connectivity index (χ1n) is 17.4. The van der Waals surface area contributed by atoms with Crippen molar-refractivity contribution in [2.75, 3.05) is 24.2 Å². The number of sulfonamides is 1. The molecule has 0 radical (unpaired) electrons. The molecule has 0 bridgehead atoms. The van der Waals surface area contributed by atoms with Gasteiger partial charge < -0.3 is 26.6 Å². The van der Waals surface area contributed by atoms with Gasteiger partial charge in [0, 0.05) is 41.8 Å². The predicted octanol–water partition coefficient (Wildman–Crippen LogP) is 3.97. The lowest BCUT2D eigenvalue weighted by molar-refractivity contribution is -0.131. The number of benzene rings is 3. The average Bonchev–Trinajstić information content (AvgIpc) is 3.92. The third kappa shape index (κ3) is 11.8. The van der Waals surface area contributed by atoms with Crippen molar-refractivity contribution in [1.82, 2.24) is 26.6 Å². The highest BCUT2D eigenvalue weighted by atomic mass is 35.5. The van der Waals surface area contributed by atoms with Gasteiger partial charge in [0.2, 0.25) is 21.8 Å². The molecule has 1 saturated carbocycles. The van der Waals surface area contributed by atoms with Crippen LogP contribution in [0.5, 0.6) is 0 Å². The van der Waals surface area contributed by atoms with Crippen LogP contribution in [0.15, 0.2) is 72.8 Å². The predicted molar refractivity (Wildman–Crippen MR) is 204 cm³/mol. The molecule has 4 rings (SSSR count). The molecule has 0 unspecified atom stereocenters. The summed E-state index contributed by atoms with van der Waals surface area (Å²) in [5.74, 6) is -1.74. The van der Waals surface area contributed by atoms with Gasteiger partial charge in [0.15, 0.2) is 0 Å². The molecule has 1 aliphatic rings. The zero-order valence-electron chi connectivity index (χ0n) is 30.4. The largest absolute Gasteiger partial charge is 0.352 e. The van der Waals surface area contributed by atoms with Crippen molar-refractivity contribution in [2.45, 2.75) is 77.2 Å². The first kappa shape index (κ1) is 40.3. The summed E-state index contributed by atoms with van der Waals surface area (Å²) in [5.41, 5.74) is 1.98. The van der Waals surface area contributed by atoms with E-state index in [9.17, 15) is 27.6 Å². The summed E-state index contributed by atoms with van der Waals surface area (Å²) in [5, 5.41) is 15.4. The van der Waals surface area contributed by atoms with Crippen LogP contribution in [-0.4, -0.2) is 76.1 Å². The topological polar surface area (TPSA) is 166 Å².